The Morgan fingerprint density at radius 1 is 1.10 bits per heavy atom. The van der Waals surface area contributed by atoms with Crippen molar-refractivity contribution in [3.05, 3.63) is 39.2 Å². The van der Waals surface area contributed by atoms with Gasteiger partial charge in [-0.3, -0.25) is 9.59 Å². The van der Waals surface area contributed by atoms with Crippen LogP contribution in [-0.4, -0.2) is 40.6 Å². The number of carbonyl (C=O) groups excluding carboxylic acids is 2. The van der Waals surface area contributed by atoms with E-state index in [9.17, 15) is 9.59 Å². The molecule has 2 unspecified atom stereocenters. The van der Waals surface area contributed by atoms with Crippen molar-refractivity contribution >= 4 is 45.6 Å². The Morgan fingerprint density at radius 2 is 1.83 bits per heavy atom. The average molecular weight is 491 g/mol. The molecular weight excluding hydrogens is 460 g/mol. The van der Waals surface area contributed by atoms with E-state index < -0.39 is 0 Å². The molecule has 4 nitrogen and oxygen atoms in total. The summed E-state index contributed by atoms with van der Waals surface area (Å²) in [5.74, 6) is 0.0208. The third kappa shape index (κ3) is 5.50. The molecule has 1 N–H and O–H groups in total. The van der Waals surface area contributed by atoms with Crippen LogP contribution in [0.1, 0.15) is 69.8 Å². The fraction of sp³-hybridized carbons (Fsp3) is 0.583. The van der Waals surface area contributed by atoms with Crippen LogP contribution in [0.15, 0.2) is 33.6 Å². The first-order valence-electron chi connectivity index (χ1n) is 11.3. The van der Waals surface area contributed by atoms with Gasteiger partial charge >= 0.3 is 0 Å². The van der Waals surface area contributed by atoms with Gasteiger partial charge in [-0.15, -0.1) is 11.8 Å². The fourth-order valence-electron chi connectivity index (χ4n) is 4.96. The molecule has 6 heteroatoms. The van der Waals surface area contributed by atoms with Crippen LogP contribution in [0, 0.1) is 0 Å². The summed E-state index contributed by atoms with van der Waals surface area (Å²) in [7, 11) is 0. The molecule has 0 radical (unpaired) electrons. The Kier molecular flexibility index (Phi) is 7.58. The lowest BCUT2D eigenvalue weighted by Gasteiger charge is -2.44. The van der Waals surface area contributed by atoms with Gasteiger partial charge in [0.25, 0.3) is 5.91 Å². The monoisotopic (exact) mass is 490 g/mol. The molecule has 162 valence electrons. The highest BCUT2D eigenvalue weighted by Gasteiger charge is 2.41. The minimum absolute atomic E-state index is 0.00767. The normalized spacial score (nSPS) is 26.9. The molecule has 2 aliphatic carbocycles. The van der Waals surface area contributed by atoms with E-state index in [0.29, 0.717) is 5.25 Å². The summed E-state index contributed by atoms with van der Waals surface area (Å²) >= 11 is 5.23. The Labute approximate surface area is 192 Å². The van der Waals surface area contributed by atoms with Crippen LogP contribution >= 0.6 is 27.7 Å². The fourth-order valence-corrected chi connectivity index (χ4v) is 6.85. The predicted octanol–water partition coefficient (Wildman–Crippen LogP) is 5.52. The minimum atomic E-state index is 0.00767. The topological polar surface area (TPSA) is 49.4 Å². The molecule has 4 rings (SSSR count). The number of hydrogen-bond donors (Lipinski definition) is 1. The average Bonchev–Trinajstić information content (AvgIpc) is 3.00. The first-order valence-corrected chi connectivity index (χ1v) is 13.0. The molecule has 2 atom stereocenters. The van der Waals surface area contributed by atoms with Crippen LogP contribution in [0.2, 0.25) is 0 Å². The maximum absolute atomic E-state index is 13.4. The number of thioether (sulfide) groups is 1. The highest BCUT2D eigenvalue weighted by molar-refractivity contribution is 9.10. The maximum atomic E-state index is 13.4. The van der Waals surface area contributed by atoms with Gasteiger partial charge in [0.2, 0.25) is 5.91 Å². The summed E-state index contributed by atoms with van der Waals surface area (Å²) in [6.07, 6.45) is 13.5. The maximum Gasteiger partial charge on any atom is 0.261 e. The molecule has 2 amide bonds. The smallest absolute Gasteiger partial charge is 0.261 e. The van der Waals surface area contributed by atoms with E-state index in [1.807, 2.05) is 35.2 Å². The molecule has 3 aliphatic rings. The van der Waals surface area contributed by atoms with Gasteiger partial charge in [-0.2, -0.15) is 0 Å². The molecule has 0 bridgehead atoms. The number of amides is 2. The van der Waals surface area contributed by atoms with Crippen molar-refractivity contribution in [2.45, 2.75) is 81.5 Å². The van der Waals surface area contributed by atoms with E-state index >= 15 is 0 Å². The van der Waals surface area contributed by atoms with Crippen molar-refractivity contribution in [1.82, 2.24) is 10.2 Å². The number of rotatable bonds is 4. The summed E-state index contributed by atoms with van der Waals surface area (Å²) in [4.78, 5) is 28.9. The Hall–Kier alpha value is -1.27. The van der Waals surface area contributed by atoms with E-state index in [0.717, 1.165) is 47.0 Å². The number of carbonyl (C=O) groups is 2. The summed E-state index contributed by atoms with van der Waals surface area (Å²) in [6.45, 7) is 0.187. The van der Waals surface area contributed by atoms with E-state index in [1.165, 1.54) is 32.1 Å². The second-order valence-corrected chi connectivity index (χ2v) is 11.0. The summed E-state index contributed by atoms with van der Waals surface area (Å²) in [6, 6.07) is 8.46. The van der Waals surface area contributed by atoms with E-state index in [4.69, 9.17) is 0 Å². The van der Waals surface area contributed by atoms with Gasteiger partial charge in [0, 0.05) is 21.8 Å². The third-order valence-electron chi connectivity index (χ3n) is 6.50. The third-order valence-corrected chi connectivity index (χ3v) is 8.39. The van der Waals surface area contributed by atoms with Crippen LogP contribution < -0.4 is 5.32 Å². The number of halogens is 1. The summed E-state index contributed by atoms with van der Waals surface area (Å²) < 4.78 is 1.00. The summed E-state index contributed by atoms with van der Waals surface area (Å²) in [5.41, 5.74) is 1.01. The lowest BCUT2D eigenvalue weighted by Crippen LogP contribution is -2.55. The van der Waals surface area contributed by atoms with Gasteiger partial charge in [0.05, 0.1) is 4.91 Å². The zero-order valence-electron chi connectivity index (χ0n) is 17.4. The Balaban J connectivity index is 1.50. The predicted molar refractivity (Wildman–Crippen MR) is 127 cm³/mol. The van der Waals surface area contributed by atoms with Gasteiger partial charge in [-0.1, -0.05) is 66.6 Å². The molecule has 1 aromatic carbocycles. The molecule has 1 aliphatic heterocycles. The zero-order chi connectivity index (χ0) is 20.9. The molecule has 0 spiro atoms. The van der Waals surface area contributed by atoms with E-state index in [2.05, 4.69) is 21.2 Å². The van der Waals surface area contributed by atoms with Crippen LogP contribution in [0.25, 0.3) is 6.08 Å². The van der Waals surface area contributed by atoms with Crippen LogP contribution in [0.5, 0.6) is 0 Å². The van der Waals surface area contributed by atoms with Crippen molar-refractivity contribution in [2.24, 2.45) is 0 Å². The molecule has 2 saturated carbocycles. The Bertz CT molecular complexity index is 804. The Morgan fingerprint density at radius 3 is 2.60 bits per heavy atom. The van der Waals surface area contributed by atoms with Crippen LogP contribution in [-0.2, 0) is 9.59 Å². The molecule has 0 aromatic heterocycles. The van der Waals surface area contributed by atoms with E-state index in [-0.39, 0.29) is 30.4 Å². The molecule has 1 aromatic rings. The second-order valence-electron chi connectivity index (χ2n) is 8.76. The summed E-state index contributed by atoms with van der Waals surface area (Å²) in [5, 5.41) is 3.62. The quantitative estimate of drug-likeness (QED) is 0.446. The van der Waals surface area contributed by atoms with Crippen molar-refractivity contribution in [2.75, 3.05) is 6.54 Å². The standard InChI is InChI=1S/C24H31BrN2O2S/c25-18-9-7-8-17(14-18)15-22-24(29)27(20-12-5-6-13-21(20)30-22)16-23(28)26-19-10-3-1-2-4-11-19/h7-9,14-15,19-21H,1-6,10-13,16H2,(H,26,28)/b22-15+. The number of fused-ring (bicyclic) bond motifs is 1. The van der Waals surface area contributed by atoms with Crippen molar-refractivity contribution in [1.29, 1.82) is 0 Å². The van der Waals surface area contributed by atoms with E-state index in [1.54, 1.807) is 11.8 Å². The molecular formula is C24H31BrN2O2S. The van der Waals surface area contributed by atoms with Gasteiger partial charge in [0.15, 0.2) is 0 Å². The first kappa shape index (κ1) is 21.9. The van der Waals surface area contributed by atoms with Crippen molar-refractivity contribution < 1.29 is 9.59 Å². The molecule has 3 fully saturated rings. The highest BCUT2D eigenvalue weighted by atomic mass is 79.9. The largest absolute Gasteiger partial charge is 0.352 e. The number of hydrogen-bond acceptors (Lipinski definition) is 3. The SMILES string of the molecule is O=C(CN1C(=O)/C(=C\c2cccc(Br)c2)SC2CCCCC21)NC1CCCCCC1. The number of nitrogens with one attached hydrogen (secondary N) is 1. The van der Waals surface area contributed by atoms with Gasteiger partial charge in [0.1, 0.15) is 6.54 Å². The zero-order valence-corrected chi connectivity index (χ0v) is 19.8. The highest BCUT2D eigenvalue weighted by Crippen LogP contribution is 2.42. The first-order chi connectivity index (χ1) is 14.6. The van der Waals surface area contributed by atoms with Gasteiger partial charge < -0.3 is 10.2 Å². The van der Waals surface area contributed by atoms with Crippen LogP contribution in [0.3, 0.4) is 0 Å². The van der Waals surface area contributed by atoms with Crippen molar-refractivity contribution in [3.63, 3.8) is 0 Å². The molecule has 30 heavy (non-hydrogen) atoms. The lowest BCUT2D eigenvalue weighted by molar-refractivity contribution is -0.136. The lowest BCUT2D eigenvalue weighted by atomic mass is 9.93. The number of benzene rings is 1. The molecule has 1 heterocycles. The van der Waals surface area contributed by atoms with Gasteiger partial charge in [-0.25, -0.2) is 0 Å². The van der Waals surface area contributed by atoms with Crippen LogP contribution in [0.4, 0.5) is 0 Å². The second kappa shape index (κ2) is 10.4. The van der Waals surface area contributed by atoms with Gasteiger partial charge in [-0.05, 0) is 49.5 Å². The minimum Gasteiger partial charge on any atom is -0.352 e. The molecule has 1 saturated heterocycles. The van der Waals surface area contributed by atoms with Crippen molar-refractivity contribution in [3.8, 4) is 0 Å². The number of nitrogens with zero attached hydrogens (tertiary/aromatic N) is 1.